The molecule has 1 aliphatic heterocycles. The van der Waals surface area contributed by atoms with Crippen LogP contribution in [0.3, 0.4) is 0 Å². The zero-order valence-corrected chi connectivity index (χ0v) is 18.0. The number of aromatic nitrogens is 2. The van der Waals surface area contributed by atoms with E-state index in [1.54, 1.807) is 23.1 Å². The summed E-state index contributed by atoms with van der Waals surface area (Å²) in [6.07, 6.45) is 4.31. The van der Waals surface area contributed by atoms with E-state index in [4.69, 9.17) is 0 Å². The minimum Gasteiger partial charge on any atom is -0.370 e. The summed E-state index contributed by atoms with van der Waals surface area (Å²) in [7, 11) is 0. The summed E-state index contributed by atoms with van der Waals surface area (Å²) in [6.45, 7) is 3.73. The molecule has 2 heterocycles. The first kappa shape index (κ1) is 21.4. The molecule has 3 aromatic rings. The molecule has 166 valence electrons. The summed E-state index contributed by atoms with van der Waals surface area (Å²) in [5.41, 5.74) is 2.82. The molecular formula is C24H28N6O2. The second-order valence-electron chi connectivity index (χ2n) is 7.77. The fourth-order valence-electron chi connectivity index (χ4n) is 3.81. The summed E-state index contributed by atoms with van der Waals surface area (Å²) in [5.74, 6) is -0.151. The number of rotatable bonds is 6. The number of hydrogen-bond donors (Lipinski definition) is 2. The van der Waals surface area contributed by atoms with Gasteiger partial charge in [0.15, 0.2) is 0 Å². The van der Waals surface area contributed by atoms with E-state index >= 15 is 0 Å². The molecule has 32 heavy (non-hydrogen) atoms. The lowest BCUT2D eigenvalue weighted by Gasteiger charge is -2.24. The molecule has 1 saturated heterocycles. The number of carbonyl (C=O) groups excluding carboxylic acids is 2. The fourth-order valence-corrected chi connectivity index (χ4v) is 3.81. The lowest BCUT2D eigenvalue weighted by Crippen LogP contribution is -2.41. The molecule has 0 saturated carbocycles. The normalized spacial score (nSPS) is 14.0. The molecule has 0 bridgehead atoms. The molecule has 0 spiro atoms. The van der Waals surface area contributed by atoms with Gasteiger partial charge in [0.1, 0.15) is 6.54 Å². The SMILES string of the molecule is O=C(Cn1cccn1)Nc1cccc(CNC(=O)N2CCCN(c3ccccc3)CC2)c1. The summed E-state index contributed by atoms with van der Waals surface area (Å²) in [6, 6.07) is 19.5. The van der Waals surface area contributed by atoms with Gasteiger partial charge >= 0.3 is 6.03 Å². The lowest BCUT2D eigenvalue weighted by atomic mass is 10.2. The second-order valence-corrected chi connectivity index (χ2v) is 7.77. The molecule has 4 rings (SSSR count). The summed E-state index contributed by atoms with van der Waals surface area (Å²) >= 11 is 0. The highest BCUT2D eigenvalue weighted by molar-refractivity contribution is 5.90. The number of amides is 3. The number of nitrogens with one attached hydrogen (secondary N) is 2. The highest BCUT2D eigenvalue weighted by Crippen LogP contribution is 2.16. The van der Waals surface area contributed by atoms with E-state index in [1.807, 2.05) is 47.4 Å². The minimum absolute atomic E-state index is 0.0620. The maximum atomic E-state index is 12.7. The maximum Gasteiger partial charge on any atom is 0.317 e. The maximum absolute atomic E-state index is 12.7. The quantitative estimate of drug-likeness (QED) is 0.628. The Morgan fingerprint density at radius 2 is 1.81 bits per heavy atom. The first-order chi connectivity index (χ1) is 15.7. The van der Waals surface area contributed by atoms with Gasteiger partial charge in [-0.3, -0.25) is 9.48 Å². The Morgan fingerprint density at radius 1 is 0.938 bits per heavy atom. The zero-order valence-electron chi connectivity index (χ0n) is 18.0. The number of hydrogen-bond acceptors (Lipinski definition) is 4. The van der Waals surface area contributed by atoms with Crippen molar-refractivity contribution in [3.8, 4) is 0 Å². The lowest BCUT2D eigenvalue weighted by molar-refractivity contribution is -0.116. The molecule has 8 nitrogen and oxygen atoms in total. The van der Waals surface area contributed by atoms with Crippen molar-refractivity contribution in [2.45, 2.75) is 19.5 Å². The highest BCUT2D eigenvalue weighted by atomic mass is 16.2. The van der Waals surface area contributed by atoms with E-state index in [-0.39, 0.29) is 18.5 Å². The van der Waals surface area contributed by atoms with Crippen LogP contribution in [-0.4, -0.2) is 52.8 Å². The summed E-state index contributed by atoms with van der Waals surface area (Å²) < 4.78 is 1.57. The van der Waals surface area contributed by atoms with Crippen molar-refractivity contribution in [1.29, 1.82) is 0 Å². The van der Waals surface area contributed by atoms with Gasteiger partial charge in [-0.1, -0.05) is 30.3 Å². The topological polar surface area (TPSA) is 82.5 Å². The third kappa shape index (κ3) is 5.87. The molecular weight excluding hydrogens is 404 g/mol. The van der Waals surface area contributed by atoms with Crippen molar-refractivity contribution < 1.29 is 9.59 Å². The average Bonchev–Trinajstić information content (AvgIpc) is 3.19. The smallest absolute Gasteiger partial charge is 0.317 e. The standard InChI is InChI=1S/C24H28N6O2/c31-23(19-30-14-5-11-26-30)27-21-8-4-7-20(17-21)18-25-24(32)29-13-6-12-28(15-16-29)22-9-2-1-3-10-22/h1-5,7-11,14,17H,6,12-13,15-16,18-19H2,(H,25,32)(H,27,31). The first-order valence-corrected chi connectivity index (χ1v) is 10.9. The Kier molecular flexibility index (Phi) is 7.01. The molecule has 0 atom stereocenters. The van der Waals surface area contributed by atoms with Crippen LogP contribution < -0.4 is 15.5 Å². The van der Waals surface area contributed by atoms with E-state index in [9.17, 15) is 9.59 Å². The third-order valence-corrected chi connectivity index (χ3v) is 5.42. The van der Waals surface area contributed by atoms with Gasteiger partial charge in [-0.05, 0) is 42.3 Å². The van der Waals surface area contributed by atoms with Crippen LogP contribution in [0, 0.1) is 0 Å². The monoisotopic (exact) mass is 432 g/mol. The van der Waals surface area contributed by atoms with Crippen LogP contribution in [0.1, 0.15) is 12.0 Å². The van der Waals surface area contributed by atoms with Gasteiger partial charge in [-0.15, -0.1) is 0 Å². The van der Waals surface area contributed by atoms with Crippen molar-refractivity contribution in [1.82, 2.24) is 20.0 Å². The molecule has 0 radical (unpaired) electrons. The number of benzene rings is 2. The number of carbonyl (C=O) groups is 2. The van der Waals surface area contributed by atoms with Crippen molar-refractivity contribution in [3.05, 3.63) is 78.6 Å². The molecule has 0 unspecified atom stereocenters. The van der Waals surface area contributed by atoms with E-state index in [0.29, 0.717) is 18.8 Å². The van der Waals surface area contributed by atoms with Crippen LogP contribution >= 0.6 is 0 Å². The Bertz CT molecular complexity index is 1020. The second kappa shape index (κ2) is 10.5. The summed E-state index contributed by atoms with van der Waals surface area (Å²) in [5, 5.41) is 9.92. The van der Waals surface area contributed by atoms with Crippen molar-refractivity contribution >= 4 is 23.3 Å². The Labute approximate surface area is 187 Å². The predicted molar refractivity (Wildman–Crippen MR) is 124 cm³/mol. The molecule has 0 aliphatic carbocycles. The molecule has 3 amide bonds. The van der Waals surface area contributed by atoms with Crippen LogP contribution in [0.15, 0.2) is 73.1 Å². The molecule has 1 aliphatic rings. The zero-order chi connectivity index (χ0) is 22.2. The van der Waals surface area contributed by atoms with Gasteiger partial charge in [0.25, 0.3) is 0 Å². The first-order valence-electron chi connectivity index (χ1n) is 10.9. The van der Waals surface area contributed by atoms with E-state index in [0.717, 1.165) is 31.6 Å². The minimum atomic E-state index is -0.151. The summed E-state index contributed by atoms with van der Waals surface area (Å²) in [4.78, 5) is 29.1. The van der Waals surface area contributed by atoms with Gasteiger partial charge in [0.2, 0.25) is 5.91 Å². The van der Waals surface area contributed by atoms with Gasteiger partial charge < -0.3 is 20.4 Å². The van der Waals surface area contributed by atoms with Crippen LogP contribution in [0.2, 0.25) is 0 Å². The number of nitrogens with zero attached hydrogens (tertiary/aromatic N) is 4. The van der Waals surface area contributed by atoms with Crippen molar-refractivity contribution in [2.75, 3.05) is 36.4 Å². The van der Waals surface area contributed by atoms with Crippen molar-refractivity contribution in [3.63, 3.8) is 0 Å². The molecule has 1 aromatic heterocycles. The van der Waals surface area contributed by atoms with Crippen LogP contribution in [0.5, 0.6) is 0 Å². The van der Waals surface area contributed by atoms with E-state index in [1.165, 1.54) is 5.69 Å². The Morgan fingerprint density at radius 3 is 2.62 bits per heavy atom. The van der Waals surface area contributed by atoms with E-state index < -0.39 is 0 Å². The van der Waals surface area contributed by atoms with Gasteiger partial charge in [-0.25, -0.2) is 4.79 Å². The fraction of sp³-hybridized carbons (Fsp3) is 0.292. The van der Waals surface area contributed by atoms with E-state index in [2.05, 4.69) is 32.8 Å². The van der Waals surface area contributed by atoms with Crippen LogP contribution in [0.25, 0.3) is 0 Å². The van der Waals surface area contributed by atoms with Crippen LogP contribution in [0.4, 0.5) is 16.2 Å². The number of urea groups is 1. The Balaban J connectivity index is 1.26. The van der Waals surface area contributed by atoms with Crippen LogP contribution in [-0.2, 0) is 17.9 Å². The molecule has 2 N–H and O–H groups in total. The largest absolute Gasteiger partial charge is 0.370 e. The molecule has 1 fully saturated rings. The highest BCUT2D eigenvalue weighted by Gasteiger charge is 2.19. The predicted octanol–water partition coefficient (Wildman–Crippen LogP) is 2.94. The molecule has 2 aromatic carbocycles. The average molecular weight is 433 g/mol. The Hall–Kier alpha value is -3.81. The third-order valence-electron chi connectivity index (χ3n) is 5.42. The number of anilines is 2. The number of para-hydroxylation sites is 1. The van der Waals surface area contributed by atoms with Crippen molar-refractivity contribution in [2.24, 2.45) is 0 Å². The van der Waals surface area contributed by atoms with Gasteiger partial charge in [0, 0.05) is 56.5 Å². The van der Waals surface area contributed by atoms with Gasteiger partial charge in [-0.2, -0.15) is 5.10 Å². The molecule has 8 heteroatoms. The van der Waals surface area contributed by atoms with Gasteiger partial charge in [0.05, 0.1) is 0 Å².